The Kier molecular flexibility index (Phi) is 5.06. The number of nitrogens with zero attached hydrogens (tertiary/aromatic N) is 1. The van der Waals surface area contributed by atoms with Crippen LogP contribution in [-0.2, 0) is 6.42 Å². The van der Waals surface area contributed by atoms with Crippen molar-refractivity contribution in [2.75, 3.05) is 0 Å². The molecule has 114 valence electrons. The summed E-state index contributed by atoms with van der Waals surface area (Å²) in [6.07, 6.45) is 6.83. The van der Waals surface area contributed by atoms with E-state index < -0.39 is 11.0 Å². The highest BCUT2D eigenvalue weighted by atomic mass is 16.3. The molecule has 1 atom stereocenters. The number of hydrogen-bond acceptors (Lipinski definition) is 2. The van der Waals surface area contributed by atoms with E-state index >= 15 is 0 Å². The normalized spacial score (nSPS) is 28.6. The van der Waals surface area contributed by atoms with Gasteiger partial charge in [-0.25, -0.2) is 0 Å². The van der Waals surface area contributed by atoms with Crippen molar-refractivity contribution in [3.05, 3.63) is 35.9 Å². The van der Waals surface area contributed by atoms with E-state index in [-0.39, 0.29) is 0 Å². The zero-order valence-electron chi connectivity index (χ0n) is 13.3. The van der Waals surface area contributed by atoms with E-state index in [9.17, 15) is 10.4 Å². The molecule has 0 amide bonds. The SMILES string of the molecule is CCCC1CCC(C#N)(C(C)(O)Cc2ccccc2)CC1. The van der Waals surface area contributed by atoms with E-state index in [0.29, 0.717) is 6.42 Å². The van der Waals surface area contributed by atoms with Crippen molar-refractivity contribution >= 4 is 0 Å². The van der Waals surface area contributed by atoms with Gasteiger partial charge in [0.25, 0.3) is 0 Å². The molecule has 0 heterocycles. The third-order valence-electron chi connectivity index (χ3n) is 5.29. The first-order chi connectivity index (χ1) is 10.0. The molecule has 0 bridgehead atoms. The van der Waals surface area contributed by atoms with Crippen LogP contribution in [0.25, 0.3) is 0 Å². The Labute approximate surface area is 128 Å². The maximum Gasteiger partial charge on any atom is 0.0861 e. The number of nitriles is 1. The van der Waals surface area contributed by atoms with Gasteiger partial charge >= 0.3 is 0 Å². The van der Waals surface area contributed by atoms with Gasteiger partial charge in [-0.2, -0.15) is 5.26 Å². The van der Waals surface area contributed by atoms with E-state index in [1.165, 1.54) is 12.8 Å². The van der Waals surface area contributed by atoms with Crippen molar-refractivity contribution < 1.29 is 5.11 Å². The van der Waals surface area contributed by atoms with Gasteiger partial charge in [0.15, 0.2) is 0 Å². The smallest absolute Gasteiger partial charge is 0.0861 e. The fraction of sp³-hybridized carbons (Fsp3) is 0.632. The summed E-state index contributed by atoms with van der Waals surface area (Å²) >= 11 is 0. The Morgan fingerprint density at radius 3 is 2.43 bits per heavy atom. The van der Waals surface area contributed by atoms with Gasteiger partial charge in [0.2, 0.25) is 0 Å². The summed E-state index contributed by atoms with van der Waals surface area (Å²) in [4.78, 5) is 0. The highest BCUT2D eigenvalue weighted by molar-refractivity contribution is 5.21. The largest absolute Gasteiger partial charge is 0.388 e. The van der Waals surface area contributed by atoms with Gasteiger partial charge in [0, 0.05) is 6.42 Å². The van der Waals surface area contributed by atoms with Gasteiger partial charge in [0.1, 0.15) is 0 Å². The zero-order chi connectivity index (χ0) is 15.3. The summed E-state index contributed by atoms with van der Waals surface area (Å²) in [6.45, 7) is 4.07. The van der Waals surface area contributed by atoms with Crippen LogP contribution in [0.5, 0.6) is 0 Å². The first-order valence-corrected chi connectivity index (χ1v) is 8.20. The molecule has 0 aromatic heterocycles. The van der Waals surface area contributed by atoms with Crippen molar-refractivity contribution in [1.82, 2.24) is 0 Å². The molecule has 1 N–H and O–H groups in total. The van der Waals surface area contributed by atoms with Gasteiger partial charge in [0.05, 0.1) is 17.1 Å². The molecule has 2 nitrogen and oxygen atoms in total. The van der Waals surface area contributed by atoms with Crippen LogP contribution < -0.4 is 0 Å². The first kappa shape index (κ1) is 16.0. The molecule has 0 spiro atoms. The van der Waals surface area contributed by atoms with Crippen molar-refractivity contribution in [2.45, 2.75) is 64.4 Å². The summed E-state index contributed by atoms with van der Waals surface area (Å²) in [5.41, 5.74) is -0.444. The summed E-state index contributed by atoms with van der Waals surface area (Å²) in [7, 11) is 0. The van der Waals surface area contributed by atoms with E-state index in [0.717, 1.165) is 37.2 Å². The van der Waals surface area contributed by atoms with Gasteiger partial charge in [-0.15, -0.1) is 0 Å². The maximum atomic E-state index is 11.0. The molecule has 1 aromatic rings. The molecule has 1 saturated carbocycles. The molecule has 0 radical (unpaired) electrons. The number of aliphatic hydroxyl groups is 1. The third kappa shape index (κ3) is 3.47. The van der Waals surface area contributed by atoms with E-state index in [1.807, 2.05) is 37.3 Å². The highest BCUT2D eigenvalue weighted by Crippen LogP contribution is 2.48. The average Bonchev–Trinajstić information content (AvgIpc) is 2.49. The van der Waals surface area contributed by atoms with Crippen molar-refractivity contribution in [3.63, 3.8) is 0 Å². The van der Waals surface area contributed by atoms with E-state index in [2.05, 4.69) is 13.0 Å². The van der Waals surface area contributed by atoms with Crippen LogP contribution in [0, 0.1) is 22.7 Å². The fourth-order valence-corrected chi connectivity index (χ4v) is 3.80. The average molecular weight is 285 g/mol. The van der Waals surface area contributed by atoms with Crippen molar-refractivity contribution in [1.29, 1.82) is 5.26 Å². The lowest BCUT2D eigenvalue weighted by Crippen LogP contribution is -2.48. The predicted octanol–water partition coefficient (Wildman–Crippen LogP) is 4.48. The molecule has 1 fully saturated rings. The molecule has 0 aliphatic heterocycles. The minimum absolute atomic E-state index is 0.555. The summed E-state index contributed by atoms with van der Waals surface area (Å²) in [6, 6.07) is 12.5. The van der Waals surface area contributed by atoms with E-state index in [4.69, 9.17) is 0 Å². The highest BCUT2D eigenvalue weighted by Gasteiger charge is 2.49. The van der Waals surface area contributed by atoms with Gasteiger partial charge in [-0.05, 0) is 44.1 Å². The zero-order valence-corrected chi connectivity index (χ0v) is 13.3. The topological polar surface area (TPSA) is 44.0 Å². The second-order valence-electron chi connectivity index (χ2n) is 6.86. The minimum atomic E-state index is -0.958. The number of rotatable bonds is 5. The second-order valence-corrected chi connectivity index (χ2v) is 6.86. The summed E-state index contributed by atoms with van der Waals surface area (Å²) in [5.74, 6) is 0.740. The summed E-state index contributed by atoms with van der Waals surface area (Å²) < 4.78 is 0. The standard InChI is InChI=1S/C19H27NO/c1-3-7-16-10-12-19(15-20,13-11-16)18(2,21)14-17-8-5-4-6-9-17/h4-6,8-9,16,21H,3,7,10-14H2,1-2H3. The second kappa shape index (κ2) is 6.62. The molecule has 0 saturated heterocycles. The van der Waals surface area contributed by atoms with Crippen LogP contribution in [0.3, 0.4) is 0 Å². The Morgan fingerprint density at radius 1 is 1.29 bits per heavy atom. The molecule has 21 heavy (non-hydrogen) atoms. The monoisotopic (exact) mass is 285 g/mol. The lowest BCUT2D eigenvalue weighted by atomic mass is 9.61. The van der Waals surface area contributed by atoms with Gasteiger partial charge in [-0.3, -0.25) is 0 Å². The quantitative estimate of drug-likeness (QED) is 0.866. The molecular formula is C19H27NO. The molecule has 2 heteroatoms. The van der Waals surface area contributed by atoms with Gasteiger partial charge in [-0.1, -0.05) is 50.1 Å². The Balaban J connectivity index is 2.11. The Bertz CT molecular complexity index is 478. The Hall–Kier alpha value is -1.33. The van der Waals surface area contributed by atoms with Crippen molar-refractivity contribution in [3.8, 4) is 6.07 Å². The maximum absolute atomic E-state index is 11.0. The molecule has 2 rings (SSSR count). The minimum Gasteiger partial charge on any atom is -0.388 e. The number of benzene rings is 1. The number of hydrogen-bond donors (Lipinski definition) is 1. The van der Waals surface area contributed by atoms with Gasteiger partial charge < -0.3 is 5.11 Å². The Morgan fingerprint density at radius 2 is 1.90 bits per heavy atom. The van der Waals surface area contributed by atoms with Crippen LogP contribution in [0.2, 0.25) is 0 Å². The molecular weight excluding hydrogens is 258 g/mol. The van der Waals surface area contributed by atoms with Crippen LogP contribution in [-0.4, -0.2) is 10.7 Å². The lowest BCUT2D eigenvalue weighted by molar-refractivity contribution is -0.0636. The van der Waals surface area contributed by atoms with E-state index in [1.54, 1.807) is 0 Å². The molecule has 1 aliphatic carbocycles. The van der Waals surface area contributed by atoms with Crippen LogP contribution >= 0.6 is 0 Å². The fourth-order valence-electron chi connectivity index (χ4n) is 3.80. The van der Waals surface area contributed by atoms with Crippen molar-refractivity contribution in [2.24, 2.45) is 11.3 Å². The molecule has 1 aromatic carbocycles. The predicted molar refractivity (Wildman–Crippen MR) is 85.7 cm³/mol. The van der Waals surface area contributed by atoms with Crippen LogP contribution in [0.4, 0.5) is 0 Å². The van der Waals surface area contributed by atoms with Crippen LogP contribution in [0.1, 0.15) is 57.9 Å². The lowest BCUT2D eigenvalue weighted by Gasteiger charge is -2.45. The third-order valence-corrected chi connectivity index (χ3v) is 5.29. The first-order valence-electron chi connectivity index (χ1n) is 8.20. The van der Waals surface area contributed by atoms with Crippen LogP contribution in [0.15, 0.2) is 30.3 Å². The summed E-state index contributed by atoms with van der Waals surface area (Å²) in [5, 5.41) is 20.8. The molecule has 1 unspecified atom stereocenters. The molecule has 1 aliphatic rings.